The predicted molar refractivity (Wildman–Crippen MR) is 106 cm³/mol. The molecule has 0 bridgehead atoms. The number of benzene rings is 2. The highest BCUT2D eigenvalue weighted by molar-refractivity contribution is 7.13. The number of carbonyl (C=O) groups excluding carboxylic acids is 1. The fourth-order valence-electron chi connectivity index (χ4n) is 2.43. The van der Waals surface area contributed by atoms with E-state index in [9.17, 15) is 4.79 Å². The van der Waals surface area contributed by atoms with Gasteiger partial charge in [0.25, 0.3) is 0 Å². The molecule has 0 spiro atoms. The molecular weight excluding hydrogens is 362 g/mol. The van der Waals surface area contributed by atoms with E-state index in [2.05, 4.69) is 4.98 Å². The molecule has 0 N–H and O–H groups in total. The van der Waals surface area contributed by atoms with Crippen molar-refractivity contribution in [1.82, 2.24) is 4.98 Å². The predicted octanol–water partition coefficient (Wildman–Crippen LogP) is 4.76. The number of para-hydroxylation sites is 2. The molecule has 3 rings (SSSR count). The average molecular weight is 383 g/mol. The van der Waals surface area contributed by atoms with E-state index in [1.54, 1.807) is 19.2 Å². The van der Waals surface area contributed by atoms with E-state index in [0.29, 0.717) is 23.8 Å². The van der Waals surface area contributed by atoms with Gasteiger partial charge in [-0.15, -0.1) is 11.3 Å². The maximum atomic E-state index is 12.3. The number of esters is 1. The van der Waals surface area contributed by atoms with Crippen LogP contribution in [0.4, 0.5) is 0 Å². The molecule has 0 atom stereocenters. The van der Waals surface area contributed by atoms with E-state index in [1.807, 2.05) is 48.7 Å². The van der Waals surface area contributed by atoms with Crippen LogP contribution in [0.5, 0.6) is 17.2 Å². The summed E-state index contributed by atoms with van der Waals surface area (Å²) >= 11 is 1.49. The number of hydrogen-bond acceptors (Lipinski definition) is 6. The van der Waals surface area contributed by atoms with Gasteiger partial charge in [-0.1, -0.05) is 19.1 Å². The van der Waals surface area contributed by atoms with Crippen molar-refractivity contribution in [2.24, 2.45) is 0 Å². The molecule has 5 nitrogen and oxygen atoms in total. The molecule has 0 saturated heterocycles. The van der Waals surface area contributed by atoms with Gasteiger partial charge in [0.1, 0.15) is 10.8 Å². The van der Waals surface area contributed by atoms with Crippen LogP contribution in [0.1, 0.15) is 19.0 Å². The first-order chi connectivity index (χ1) is 13.2. The normalized spacial score (nSPS) is 10.4. The molecule has 1 aromatic heterocycles. The number of rotatable bonds is 8. The SMILES string of the molecule is CCCOc1ccccc1OC(=O)Cc1csc(-c2ccc(OC)cc2)n1. The lowest BCUT2D eigenvalue weighted by Gasteiger charge is -2.10. The van der Waals surface area contributed by atoms with Crippen molar-refractivity contribution >= 4 is 17.3 Å². The lowest BCUT2D eigenvalue weighted by atomic mass is 10.2. The van der Waals surface area contributed by atoms with E-state index in [1.165, 1.54) is 11.3 Å². The Hall–Kier alpha value is -2.86. The lowest BCUT2D eigenvalue weighted by molar-refractivity contribution is -0.133. The maximum absolute atomic E-state index is 12.3. The molecule has 3 aromatic rings. The molecule has 0 aliphatic heterocycles. The highest BCUT2D eigenvalue weighted by Crippen LogP contribution is 2.28. The maximum Gasteiger partial charge on any atom is 0.317 e. The zero-order valence-electron chi connectivity index (χ0n) is 15.3. The Morgan fingerprint density at radius 2 is 1.81 bits per heavy atom. The summed E-state index contributed by atoms with van der Waals surface area (Å²) < 4.78 is 16.3. The summed E-state index contributed by atoms with van der Waals surface area (Å²) in [6.45, 7) is 2.60. The van der Waals surface area contributed by atoms with E-state index < -0.39 is 0 Å². The first kappa shape index (κ1) is 18.9. The van der Waals surface area contributed by atoms with Gasteiger partial charge in [-0.05, 0) is 42.8 Å². The van der Waals surface area contributed by atoms with E-state index in [4.69, 9.17) is 14.2 Å². The van der Waals surface area contributed by atoms with E-state index >= 15 is 0 Å². The van der Waals surface area contributed by atoms with Crippen LogP contribution in [-0.2, 0) is 11.2 Å². The molecular formula is C21H21NO4S. The van der Waals surface area contributed by atoms with Crippen molar-refractivity contribution in [3.63, 3.8) is 0 Å². The largest absolute Gasteiger partial charge is 0.497 e. The molecule has 0 fully saturated rings. The summed E-state index contributed by atoms with van der Waals surface area (Å²) in [5.41, 5.74) is 1.67. The number of hydrogen-bond donors (Lipinski definition) is 0. The van der Waals surface area contributed by atoms with Gasteiger partial charge in [0.2, 0.25) is 0 Å². The van der Waals surface area contributed by atoms with Gasteiger partial charge < -0.3 is 14.2 Å². The number of ether oxygens (including phenoxy) is 3. The van der Waals surface area contributed by atoms with E-state index in [-0.39, 0.29) is 12.4 Å². The first-order valence-electron chi connectivity index (χ1n) is 8.71. The summed E-state index contributed by atoms with van der Waals surface area (Å²) in [6.07, 6.45) is 0.990. The molecule has 2 aromatic carbocycles. The molecule has 0 unspecified atom stereocenters. The number of thiazole rings is 1. The highest BCUT2D eigenvalue weighted by atomic mass is 32.1. The molecule has 0 radical (unpaired) electrons. The Morgan fingerprint density at radius 3 is 2.52 bits per heavy atom. The molecule has 0 aliphatic rings. The topological polar surface area (TPSA) is 57.7 Å². The minimum Gasteiger partial charge on any atom is -0.497 e. The summed E-state index contributed by atoms with van der Waals surface area (Å²) in [5.74, 6) is 1.43. The lowest BCUT2D eigenvalue weighted by Crippen LogP contribution is -2.12. The monoisotopic (exact) mass is 383 g/mol. The third-order valence-corrected chi connectivity index (χ3v) is 4.69. The van der Waals surface area contributed by atoms with Crippen LogP contribution in [0.2, 0.25) is 0 Å². The van der Waals surface area contributed by atoms with Crippen molar-refractivity contribution in [3.8, 4) is 27.8 Å². The molecule has 0 saturated carbocycles. The smallest absolute Gasteiger partial charge is 0.317 e. The first-order valence-corrected chi connectivity index (χ1v) is 9.59. The summed E-state index contributed by atoms with van der Waals surface area (Å²) in [6, 6.07) is 14.9. The molecule has 27 heavy (non-hydrogen) atoms. The highest BCUT2D eigenvalue weighted by Gasteiger charge is 2.13. The summed E-state index contributed by atoms with van der Waals surface area (Å²) in [5, 5.41) is 2.73. The van der Waals surface area contributed by atoms with Gasteiger partial charge in [-0.3, -0.25) is 4.79 Å². The van der Waals surface area contributed by atoms with Gasteiger partial charge in [0.05, 0.1) is 25.8 Å². The zero-order chi connectivity index (χ0) is 19.1. The number of carbonyl (C=O) groups is 1. The Balaban J connectivity index is 1.64. The molecule has 140 valence electrons. The van der Waals surface area contributed by atoms with Crippen LogP contribution < -0.4 is 14.2 Å². The van der Waals surface area contributed by atoms with Crippen molar-refractivity contribution in [2.75, 3.05) is 13.7 Å². The van der Waals surface area contributed by atoms with Crippen LogP contribution in [0, 0.1) is 0 Å². The van der Waals surface area contributed by atoms with E-state index in [0.717, 1.165) is 22.7 Å². The second-order valence-electron chi connectivity index (χ2n) is 5.82. The average Bonchev–Trinajstić information content (AvgIpc) is 3.15. The standard InChI is InChI=1S/C21H21NO4S/c1-3-12-25-18-6-4-5-7-19(18)26-20(23)13-16-14-27-21(22-16)15-8-10-17(24-2)11-9-15/h4-11,14H,3,12-13H2,1-2H3. The Labute approximate surface area is 162 Å². The fraction of sp³-hybridized carbons (Fsp3) is 0.238. The van der Waals surface area contributed by atoms with Gasteiger partial charge in [0, 0.05) is 10.9 Å². The summed E-state index contributed by atoms with van der Waals surface area (Å²) in [7, 11) is 1.63. The quantitative estimate of drug-likeness (QED) is 0.415. The fourth-order valence-corrected chi connectivity index (χ4v) is 3.25. The van der Waals surface area contributed by atoms with Crippen molar-refractivity contribution < 1.29 is 19.0 Å². The van der Waals surface area contributed by atoms with Crippen LogP contribution in [-0.4, -0.2) is 24.7 Å². The third kappa shape index (κ3) is 5.08. The van der Waals surface area contributed by atoms with Crippen molar-refractivity contribution in [3.05, 3.63) is 59.6 Å². The Morgan fingerprint density at radius 1 is 1.07 bits per heavy atom. The molecule has 0 aliphatic carbocycles. The van der Waals surface area contributed by atoms with Gasteiger partial charge in [0.15, 0.2) is 11.5 Å². The zero-order valence-corrected chi connectivity index (χ0v) is 16.1. The number of nitrogens with zero attached hydrogens (tertiary/aromatic N) is 1. The second kappa shape index (κ2) is 9.19. The number of methoxy groups -OCH3 is 1. The minimum atomic E-state index is -0.367. The van der Waals surface area contributed by atoms with Crippen LogP contribution in [0.25, 0.3) is 10.6 Å². The Kier molecular flexibility index (Phi) is 6.44. The molecule has 1 heterocycles. The van der Waals surface area contributed by atoms with Crippen molar-refractivity contribution in [1.29, 1.82) is 0 Å². The molecule has 6 heteroatoms. The van der Waals surface area contributed by atoms with Gasteiger partial charge in [-0.2, -0.15) is 0 Å². The molecule has 0 amide bonds. The van der Waals surface area contributed by atoms with Gasteiger partial charge in [-0.25, -0.2) is 4.98 Å². The van der Waals surface area contributed by atoms with Crippen LogP contribution in [0.15, 0.2) is 53.9 Å². The van der Waals surface area contributed by atoms with Crippen LogP contribution >= 0.6 is 11.3 Å². The third-order valence-electron chi connectivity index (χ3n) is 3.75. The van der Waals surface area contributed by atoms with Gasteiger partial charge >= 0.3 is 5.97 Å². The van der Waals surface area contributed by atoms with Crippen molar-refractivity contribution in [2.45, 2.75) is 19.8 Å². The second-order valence-corrected chi connectivity index (χ2v) is 6.68. The van der Waals surface area contributed by atoms with Crippen LogP contribution in [0.3, 0.4) is 0 Å². The Bertz CT molecular complexity index is 889. The summed E-state index contributed by atoms with van der Waals surface area (Å²) in [4.78, 5) is 16.8. The number of aromatic nitrogens is 1. The minimum absolute atomic E-state index is 0.106.